The van der Waals surface area contributed by atoms with Gasteiger partial charge in [-0.15, -0.1) is 0 Å². The fourth-order valence-corrected chi connectivity index (χ4v) is 4.16. The van der Waals surface area contributed by atoms with Gasteiger partial charge in [-0.05, 0) is 49.7 Å². The van der Waals surface area contributed by atoms with Crippen LogP contribution in [0.2, 0.25) is 0 Å². The number of hydrogen-bond acceptors (Lipinski definition) is 4. The van der Waals surface area contributed by atoms with Gasteiger partial charge in [0.05, 0.1) is 23.8 Å². The Balaban J connectivity index is 1.80. The first-order chi connectivity index (χ1) is 13.8. The Kier molecular flexibility index (Phi) is 7.01. The van der Waals surface area contributed by atoms with Crippen molar-refractivity contribution in [2.24, 2.45) is 5.92 Å². The van der Waals surface area contributed by atoms with Gasteiger partial charge in [0.1, 0.15) is 0 Å². The molecule has 0 amide bonds. The van der Waals surface area contributed by atoms with Gasteiger partial charge >= 0.3 is 6.18 Å². The van der Waals surface area contributed by atoms with Crippen LogP contribution in [-0.4, -0.2) is 55.3 Å². The Morgan fingerprint density at radius 2 is 1.93 bits per heavy atom. The normalized spacial score (nSPS) is 20.6. The number of piperidine rings is 1. The first-order valence-electron chi connectivity index (χ1n) is 10.4. The highest BCUT2D eigenvalue weighted by molar-refractivity contribution is 5.94. The largest absolute Gasteiger partial charge is 0.418 e. The molecule has 0 saturated carbocycles. The predicted octanol–water partition coefficient (Wildman–Crippen LogP) is 4.83. The highest BCUT2D eigenvalue weighted by atomic mass is 19.4. The van der Waals surface area contributed by atoms with E-state index in [9.17, 15) is 13.2 Å². The average Bonchev–Trinajstić information content (AvgIpc) is 2.69. The Labute approximate surface area is 170 Å². The number of benzene rings is 1. The van der Waals surface area contributed by atoms with E-state index in [4.69, 9.17) is 4.74 Å². The monoisotopic (exact) mass is 409 g/mol. The van der Waals surface area contributed by atoms with Crippen LogP contribution in [0.1, 0.15) is 32.8 Å². The maximum atomic E-state index is 13.4. The molecule has 0 bridgehead atoms. The Hall–Kier alpha value is -1.86. The van der Waals surface area contributed by atoms with Crippen molar-refractivity contribution in [3.8, 4) is 0 Å². The molecule has 2 unspecified atom stereocenters. The standard InChI is InChI=1S/C22H30F3N3O/c1-4-27(5-2)11-12-29-17-13-16(3)14-28(15-17)20-9-8-19(22(23,24)25)21-18(20)7-6-10-26-21/h6-10,16-17H,4-5,11-15H2,1-3H3. The quantitative estimate of drug-likeness (QED) is 0.655. The summed E-state index contributed by atoms with van der Waals surface area (Å²) >= 11 is 0. The first-order valence-corrected chi connectivity index (χ1v) is 10.4. The zero-order valence-electron chi connectivity index (χ0n) is 17.4. The molecule has 1 aromatic carbocycles. The van der Waals surface area contributed by atoms with Crippen LogP contribution < -0.4 is 4.90 Å². The molecule has 7 heteroatoms. The second-order valence-electron chi connectivity index (χ2n) is 7.80. The minimum absolute atomic E-state index is 0.00901. The van der Waals surface area contributed by atoms with Crippen LogP contribution in [0.15, 0.2) is 30.5 Å². The van der Waals surface area contributed by atoms with Crippen molar-refractivity contribution in [3.63, 3.8) is 0 Å². The first kappa shape index (κ1) is 21.8. The molecular weight excluding hydrogens is 379 g/mol. The molecule has 29 heavy (non-hydrogen) atoms. The lowest BCUT2D eigenvalue weighted by atomic mass is 9.96. The molecule has 160 valence electrons. The number of fused-ring (bicyclic) bond motifs is 1. The van der Waals surface area contributed by atoms with Crippen LogP contribution in [0, 0.1) is 5.92 Å². The number of rotatable bonds is 7. The Bertz CT molecular complexity index is 807. The number of halogens is 3. The van der Waals surface area contributed by atoms with Crippen molar-refractivity contribution in [1.82, 2.24) is 9.88 Å². The van der Waals surface area contributed by atoms with Crippen LogP contribution in [-0.2, 0) is 10.9 Å². The summed E-state index contributed by atoms with van der Waals surface area (Å²) < 4.78 is 46.4. The lowest BCUT2D eigenvalue weighted by molar-refractivity contribution is -0.136. The van der Waals surface area contributed by atoms with E-state index in [1.807, 2.05) is 0 Å². The molecule has 4 nitrogen and oxygen atoms in total. The third kappa shape index (κ3) is 5.20. The maximum Gasteiger partial charge on any atom is 0.418 e. The Morgan fingerprint density at radius 3 is 2.62 bits per heavy atom. The number of hydrogen-bond donors (Lipinski definition) is 0. The molecular formula is C22H30F3N3O. The minimum atomic E-state index is -4.42. The zero-order valence-corrected chi connectivity index (χ0v) is 17.4. The molecule has 2 heterocycles. The molecule has 0 spiro atoms. The van der Waals surface area contributed by atoms with Gasteiger partial charge in [0.25, 0.3) is 0 Å². The average molecular weight is 409 g/mol. The molecule has 3 rings (SSSR count). The van der Waals surface area contributed by atoms with Gasteiger partial charge in [0, 0.05) is 36.9 Å². The number of alkyl halides is 3. The molecule has 1 aromatic heterocycles. The highest BCUT2D eigenvalue weighted by Crippen LogP contribution is 2.38. The van der Waals surface area contributed by atoms with Crippen molar-refractivity contribution in [1.29, 1.82) is 0 Å². The lowest BCUT2D eigenvalue weighted by Gasteiger charge is -2.38. The molecule has 2 aromatic rings. The fraction of sp³-hybridized carbons (Fsp3) is 0.591. The number of pyridine rings is 1. The molecule has 1 aliphatic rings. The number of aromatic nitrogens is 1. The summed E-state index contributed by atoms with van der Waals surface area (Å²) in [6, 6.07) is 6.15. The van der Waals surface area contributed by atoms with E-state index in [1.54, 1.807) is 18.2 Å². The van der Waals surface area contributed by atoms with Crippen LogP contribution in [0.25, 0.3) is 10.9 Å². The van der Waals surface area contributed by atoms with Gasteiger partial charge in [-0.1, -0.05) is 20.8 Å². The summed E-state index contributed by atoms with van der Waals surface area (Å²) in [7, 11) is 0. The molecule has 2 atom stereocenters. The van der Waals surface area contributed by atoms with Crippen molar-refractivity contribution in [3.05, 3.63) is 36.0 Å². The van der Waals surface area contributed by atoms with E-state index in [0.717, 1.165) is 44.4 Å². The lowest BCUT2D eigenvalue weighted by Crippen LogP contribution is -2.44. The van der Waals surface area contributed by atoms with Crippen LogP contribution in [0.5, 0.6) is 0 Å². The van der Waals surface area contributed by atoms with E-state index in [0.29, 0.717) is 24.5 Å². The number of ether oxygens (including phenoxy) is 1. The molecule has 1 fully saturated rings. The molecule has 0 radical (unpaired) electrons. The fourth-order valence-electron chi connectivity index (χ4n) is 4.16. The van der Waals surface area contributed by atoms with Crippen molar-refractivity contribution in [2.75, 3.05) is 44.2 Å². The third-order valence-electron chi connectivity index (χ3n) is 5.67. The van der Waals surface area contributed by atoms with Gasteiger partial charge in [0.15, 0.2) is 0 Å². The summed E-state index contributed by atoms with van der Waals surface area (Å²) in [6.45, 7) is 11.5. The smallest absolute Gasteiger partial charge is 0.375 e. The van der Waals surface area contributed by atoms with Gasteiger partial charge in [-0.3, -0.25) is 4.98 Å². The summed E-state index contributed by atoms with van der Waals surface area (Å²) in [5.41, 5.74) is 0.119. The van der Waals surface area contributed by atoms with Crippen molar-refractivity contribution < 1.29 is 17.9 Å². The van der Waals surface area contributed by atoms with Crippen LogP contribution in [0.3, 0.4) is 0 Å². The number of nitrogens with zero attached hydrogens (tertiary/aromatic N) is 3. The summed E-state index contributed by atoms with van der Waals surface area (Å²) in [5.74, 6) is 0.399. The van der Waals surface area contributed by atoms with Crippen molar-refractivity contribution >= 4 is 16.6 Å². The van der Waals surface area contributed by atoms with Crippen LogP contribution in [0.4, 0.5) is 18.9 Å². The maximum absolute atomic E-state index is 13.4. The van der Waals surface area contributed by atoms with Gasteiger partial charge < -0.3 is 14.5 Å². The van der Waals surface area contributed by atoms with E-state index in [2.05, 4.69) is 35.6 Å². The molecule has 1 aliphatic heterocycles. The summed E-state index contributed by atoms with van der Waals surface area (Å²) in [6.07, 6.45) is -1.97. The van der Waals surface area contributed by atoms with Gasteiger partial charge in [-0.2, -0.15) is 13.2 Å². The summed E-state index contributed by atoms with van der Waals surface area (Å²) in [5, 5.41) is 0.540. The topological polar surface area (TPSA) is 28.6 Å². The molecule has 0 N–H and O–H groups in total. The highest BCUT2D eigenvalue weighted by Gasteiger charge is 2.34. The van der Waals surface area contributed by atoms with Crippen molar-refractivity contribution in [2.45, 2.75) is 39.5 Å². The zero-order chi connectivity index (χ0) is 21.0. The Morgan fingerprint density at radius 1 is 1.17 bits per heavy atom. The van der Waals surface area contributed by atoms with Crippen LogP contribution >= 0.6 is 0 Å². The third-order valence-corrected chi connectivity index (χ3v) is 5.67. The van der Waals surface area contributed by atoms with E-state index >= 15 is 0 Å². The van der Waals surface area contributed by atoms with Gasteiger partial charge in [-0.25, -0.2) is 0 Å². The van der Waals surface area contributed by atoms with E-state index in [1.165, 1.54) is 6.20 Å². The summed E-state index contributed by atoms with van der Waals surface area (Å²) in [4.78, 5) is 8.52. The van der Waals surface area contributed by atoms with E-state index in [-0.39, 0.29) is 11.6 Å². The van der Waals surface area contributed by atoms with E-state index < -0.39 is 11.7 Å². The second kappa shape index (κ2) is 9.30. The number of likely N-dealkylation sites (N-methyl/N-ethyl adjacent to an activating group) is 1. The second-order valence-corrected chi connectivity index (χ2v) is 7.80. The van der Waals surface area contributed by atoms with Gasteiger partial charge in [0.2, 0.25) is 0 Å². The predicted molar refractivity (Wildman–Crippen MR) is 110 cm³/mol. The minimum Gasteiger partial charge on any atom is -0.375 e. The number of anilines is 1. The molecule has 0 aliphatic carbocycles. The SMILES string of the molecule is CCN(CC)CCOC1CC(C)CN(c2ccc(C(F)(F)F)c3ncccc23)C1. The molecule has 1 saturated heterocycles.